The molecule has 0 fully saturated rings. The van der Waals surface area contributed by atoms with Crippen LogP contribution in [0.25, 0.3) is 16.9 Å². The zero-order valence-corrected chi connectivity index (χ0v) is 14.8. The van der Waals surface area contributed by atoms with Gasteiger partial charge in [0.05, 0.1) is 0 Å². The fourth-order valence-electron chi connectivity index (χ4n) is 0. The number of rotatable bonds is 0. The predicted octanol–water partition coefficient (Wildman–Crippen LogP) is 1.02. The van der Waals surface area contributed by atoms with Gasteiger partial charge in [-0.3, -0.25) is 0 Å². The smallest absolute Gasteiger partial charge is 0 e. The molecule has 0 bridgehead atoms. The zero-order valence-electron chi connectivity index (χ0n) is 3.68. The van der Waals surface area contributed by atoms with Crippen LogP contribution in [-0.4, -0.2) is 5.96 Å². The van der Waals surface area contributed by atoms with Crippen LogP contribution < -0.4 is 0 Å². The van der Waals surface area contributed by atoms with Crippen molar-refractivity contribution >= 4 is 5.96 Å². The molecular formula is CH2N3Pr3-3. The molecule has 0 aromatic heterocycles. The van der Waals surface area contributed by atoms with Gasteiger partial charge in [-0.1, -0.05) is 0 Å². The van der Waals surface area contributed by atoms with Crippen LogP contribution in [0, 0.1) is 124 Å². The van der Waals surface area contributed by atoms with Crippen molar-refractivity contribution in [2.45, 2.75) is 0 Å². The number of nitrogens with one attached hydrogen (secondary N) is 2. The van der Waals surface area contributed by atoms with Crippen molar-refractivity contribution in [3.05, 3.63) is 16.9 Å². The molecule has 0 atom stereocenters. The molecule has 33 valence electrons. The standard InChI is InChI=1S/CH2N3.3Pr/c2-1(3)4;;;/h(H2-3,2,3,4);;;/q-3;;;. The maximum absolute atomic E-state index is 7.31. The second-order valence-electron chi connectivity index (χ2n) is 0.349. The van der Waals surface area contributed by atoms with Crippen molar-refractivity contribution in [3.8, 4) is 0 Å². The summed E-state index contributed by atoms with van der Waals surface area (Å²) in [7, 11) is 0. The fourth-order valence-corrected chi connectivity index (χ4v) is 0. The Hall–Kier alpha value is 3.36. The monoisotopic (exact) mass is 479 g/mol. The van der Waals surface area contributed by atoms with Crippen LogP contribution >= 0.6 is 0 Å². The molecule has 0 spiro atoms. The van der Waals surface area contributed by atoms with E-state index in [0.717, 1.165) is 0 Å². The molecule has 2 N–H and O–H groups in total. The van der Waals surface area contributed by atoms with Crippen molar-refractivity contribution in [1.29, 1.82) is 0 Å². The maximum Gasteiger partial charge on any atom is 0 e. The first-order valence-corrected chi connectivity index (χ1v) is 0.724. The Labute approximate surface area is 142 Å². The van der Waals surface area contributed by atoms with E-state index in [1.165, 1.54) is 0 Å². The molecule has 0 heterocycles. The van der Waals surface area contributed by atoms with E-state index in [1.807, 2.05) is 0 Å². The second-order valence-corrected chi connectivity index (χ2v) is 0.349. The molecule has 0 aromatic rings. The first-order chi connectivity index (χ1) is 1.73. The van der Waals surface area contributed by atoms with E-state index in [4.69, 9.17) is 16.9 Å². The van der Waals surface area contributed by atoms with Gasteiger partial charge in [0, 0.05) is 124 Å². The molecule has 6 heteroatoms. The molecule has 0 saturated carbocycles. The zero-order chi connectivity index (χ0) is 3.58. The van der Waals surface area contributed by atoms with E-state index in [-0.39, 0.29) is 124 Å². The maximum atomic E-state index is 7.31. The topological polar surface area (TPSA) is 69.9 Å². The molecule has 0 aliphatic carbocycles. The normalized spacial score (nSPS) is 3.43. The largest absolute Gasteiger partial charge is 0.845 e. The Kier molecular flexibility index (Phi) is 51.8. The van der Waals surface area contributed by atoms with Crippen LogP contribution in [0.15, 0.2) is 0 Å². The summed E-state index contributed by atoms with van der Waals surface area (Å²) >= 11 is 0. The van der Waals surface area contributed by atoms with E-state index in [9.17, 15) is 0 Å². The summed E-state index contributed by atoms with van der Waals surface area (Å²) in [4.78, 5) is 0. The van der Waals surface area contributed by atoms with Gasteiger partial charge in [-0.25, -0.2) is 0 Å². The average Bonchev–Trinajstić information content (AvgIpc) is 0.811. The van der Waals surface area contributed by atoms with Gasteiger partial charge < -0.3 is 22.8 Å². The predicted molar refractivity (Wildman–Crippen MR) is 17.0 cm³/mol. The summed E-state index contributed by atoms with van der Waals surface area (Å²) in [6.45, 7) is 0. The summed E-state index contributed by atoms with van der Waals surface area (Å²) in [5, 5.41) is 7.31. The molecule has 0 aliphatic heterocycles. The Balaban J connectivity index is -0.0000000150. The molecule has 0 aliphatic rings. The van der Waals surface area contributed by atoms with Crippen LogP contribution in [0.4, 0.5) is 0 Å². The molecule has 3 nitrogen and oxygen atoms in total. The van der Waals surface area contributed by atoms with Gasteiger partial charge >= 0.3 is 0 Å². The summed E-state index contributed by atoms with van der Waals surface area (Å²) < 4.78 is 0. The van der Waals surface area contributed by atoms with E-state index < -0.39 is 5.96 Å². The average molecular weight is 479 g/mol. The van der Waals surface area contributed by atoms with Crippen LogP contribution in [0.2, 0.25) is 0 Å². The number of hydrogen-bond donors (Lipinski definition) is 0. The van der Waals surface area contributed by atoms with E-state index in [0.29, 0.717) is 0 Å². The minimum absolute atomic E-state index is 0. The fraction of sp³-hybridized carbons (Fsp3) is 0. The minimum atomic E-state index is -1.08. The molecule has 0 amide bonds. The molecule has 0 rings (SSSR count). The summed E-state index contributed by atoms with van der Waals surface area (Å²) in [6.07, 6.45) is 0. The van der Waals surface area contributed by atoms with E-state index in [1.54, 1.807) is 0 Å². The summed E-state index contributed by atoms with van der Waals surface area (Å²) in [5.41, 5.74) is 11.4. The number of guanidine groups is 1. The molecular weight excluding hydrogens is 477 g/mol. The number of nitrogens with zero attached hydrogens (tertiary/aromatic N) is 1. The molecule has 0 aromatic carbocycles. The Morgan fingerprint density at radius 3 is 1.00 bits per heavy atom. The SMILES string of the molecule is [N-]=C([NH-])[NH-].[Pr].[Pr].[Pr]. The first-order valence-electron chi connectivity index (χ1n) is 0.724. The van der Waals surface area contributed by atoms with Gasteiger partial charge in [-0.15, -0.1) is 0 Å². The van der Waals surface area contributed by atoms with Crippen LogP contribution in [0.3, 0.4) is 0 Å². The second kappa shape index (κ2) is 16.2. The van der Waals surface area contributed by atoms with Gasteiger partial charge in [0.25, 0.3) is 0 Å². The third-order valence-corrected chi connectivity index (χ3v) is 0. The van der Waals surface area contributed by atoms with Crippen LogP contribution in [0.1, 0.15) is 0 Å². The van der Waals surface area contributed by atoms with Crippen LogP contribution in [0.5, 0.6) is 0 Å². The quantitative estimate of drug-likeness (QED) is 0.368. The Morgan fingerprint density at radius 1 is 1.00 bits per heavy atom. The summed E-state index contributed by atoms with van der Waals surface area (Å²) in [5.74, 6) is -1.08. The Morgan fingerprint density at radius 2 is 1.00 bits per heavy atom. The van der Waals surface area contributed by atoms with Gasteiger partial charge in [0.2, 0.25) is 0 Å². The van der Waals surface area contributed by atoms with Crippen molar-refractivity contribution in [1.82, 2.24) is 0 Å². The van der Waals surface area contributed by atoms with Crippen molar-refractivity contribution in [2.24, 2.45) is 0 Å². The van der Waals surface area contributed by atoms with Gasteiger partial charge in [-0.2, -0.15) is 0 Å². The minimum Gasteiger partial charge on any atom is -0.845 e. The van der Waals surface area contributed by atoms with E-state index in [2.05, 4.69) is 0 Å². The molecule has 7 heavy (non-hydrogen) atoms. The first kappa shape index (κ1) is 22.4. The molecule has 3 radical (unpaired) electrons. The molecule has 0 unspecified atom stereocenters. The Bertz CT molecular complexity index is 33.2. The van der Waals surface area contributed by atoms with Crippen molar-refractivity contribution in [3.63, 3.8) is 0 Å². The third-order valence-electron chi connectivity index (χ3n) is 0. The molecule has 0 saturated heterocycles. The van der Waals surface area contributed by atoms with E-state index >= 15 is 0 Å². The van der Waals surface area contributed by atoms with Crippen molar-refractivity contribution in [2.75, 3.05) is 0 Å². The van der Waals surface area contributed by atoms with Crippen molar-refractivity contribution < 1.29 is 124 Å². The third kappa shape index (κ3) is 44.9. The van der Waals surface area contributed by atoms with Crippen LogP contribution in [-0.2, 0) is 0 Å². The van der Waals surface area contributed by atoms with Gasteiger partial charge in [0.15, 0.2) is 0 Å². The summed E-state index contributed by atoms with van der Waals surface area (Å²) in [6, 6.07) is 0. The van der Waals surface area contributed by atoms with Gasteiger partial charge in [0.1, 0.15) is 0 Å². The number of hydrogen-bond acceptors (Lipinski definition) is 0. The van der Waals surface area contributed by atoms with Gasteiger partial charge in [-0.05, 0) is 0 Å².